The summed E-state index contributed by atoms with van der Waals surface area (Å²) >= 11 is 0. The average Bonchev–Trinajstić information content (AvgIpc) is 2.43. The highest BCUT2D eigenvalue weighted by molar-refractivity contribution is 5.90. The zero-order valence-electron chi connectivity index (χ0n) is 12.0. The zero-order chi connectivity index (χ0) is 15.2. The van der Waals surface area contributed by atoms with Gasteiger partial charge in [-0.2, -0.15) is 0 Å². The summed E-state index contributed by atoms with van der Waals surface area (Å²) in [5.41, 5.74) is 3.70. The van der Waals surface area contributed by atoms with Crippen LogP contribution in [0.3, 0.4) is 0 Å². The normalized spacial score (nSPS) is 10.6. The lowest BCUT2D eigenvalue weighted by molar-refractivity contribution is 0.255. The average molecular weight is 284 g/mol. The molecule has 0 heterocycles. The number of carbonyl (C=O) groups excluding carboxylic acids is 1. The molecule has 21 heavy (non-hydrogen) atoms. The summed E-state index contributed by atoms with van der Waals surface area (Å²) in [7, 11) is 0. The second kappa shape index (κ2) is 6.70. The first kappa shape index (κ1) is 14.8. The van der Waals surface area contributed by atoms with Gasteiger partial charge in [-0.05, 0) is 60.9 Å². The minimum Gasteiger partial charge on any atom is -0.314 e. The van der Waals surface area contributed by atoms with Gasteiger partial charge in [0.2, 0.25) is 0 Å². The van der Waals surface area contributed by atoms with Crippen molar-refractivity contribution in [2.75, 3.05) is 5.32 Å². The quantitative estimate of drug-likeness (QED) is 0.870. The van der Waals surface area contributed by atoms with Gasteiger partial charge in [-0.3, -0.25) is 0 Å². The molecule has 2 aromatic rings. The molecule has 0 fully saturated rings. The molecule has 2 N–H and O–H groups in total. The first-order valence-corrected chi connectivity index (χ1v) is 6.61. The lowest BCUT2D eigenvalue weighted by atomic mass is 10.1. The van der Waals surface area contributed by atoms with Gasteiger partial charge in [0.15, 0.2) is 0 Å². The SMILES string of the molecule is Cc1ccc(NC(=O)N/C=C/c2cccc(F)c2)cc1C. The Kier molecular flexibility index (Phi) is 4.72. The Morgan fingerprint density at radius 3 is 2.62 bits per heavy atom. The molecule has 0 atom stereocenters. The maximum absolute atomic E-state index is 13.0. The summed E-state index contributed by atoms with van der Waals surface area (Å²) in [6.45, 7) is 4.00. The largest absolute Gasteiger partial charge is 0.323 e. The van der Waals surface area contributed by atoms with Crippen LogP contribution in [0.2, 0.25) is 0 Å². The molecule has 2 amide bonds. The van der Waals surface area contributed by atoms with Crippen LogP contribution in [0.15, 0.2) is 48.7 Å². The van der Waals surface area contributed by atoms with E-state index in [-0.39, 0.29) is 11.8 Å². The number of carbonyl (C=O) groups is 1. The van der Waals surface area contributed by atoms with Crippen molar-refractivity contribution in [3.63, 3.8) is 0 Å². The van der Waals surface area contributed by atoms with E-state index in [9.17, 15) is 9.18 Å². The fourth-order valence-corrected chi connectivity index (χ4v) is 1.81. The van der Waals surface area contributed by atoms with Gasteiger partial charge in [0.25, 0.3) is 0 Å². The highest BCUT2D eigenvalue weighted by atomic mass is 19.1. The van der Waals surface area contributed by atoms with Gasteiger partial charge in [-0.25, -0.2) is 9.18 Å². The molecule has 0 aromatic heterocycles. The minimum absolute atomic E-state index is 0.309. The second-order valence-corrected chi connectivity index (χ2v) is 4.79. The molecule has 0 aliphatic heterocycles. The maximum Gasteiger partial charge on any atom is 0.323 e. The van der Waals surface area contributed by atoms with Crippen molar-refractivity contribution in [2.24, 2.45) is 0 Å². The molecule has 0 unspecified atom stereocenters. The van der Waals surface area contributed by atoms with E-state index in [0.29, 0.717) is 5.56 Å². The van der Waals surface area contributed by atoms with Gasteiger partial charge in [-0.1, -0.05) is 18.2 Å². The second-order valence-electron chi connectivity index (χ2n) is 4.79. The third-order valence-electron chi connectivity index (χ3n) is 3.10. The van der Waals surface area contributed by atoms with Crippen LogP contribution in [0.4, 0.5) is 14.9 Å². The summed E-state index contributed by atoms with van der Waals surface area (Å²) in [6, 6.07) is 11.5. The van der Waals surface area contributed by atoms with E-state index < -0.39 is 0 Å². The van der Waals surface area contributed by atoms with E-state index in [4.69, 9.17) is 0 Å². The first-order valence-electron chi connectivity index (χ1n) is 6.61. The van der Waals surface area contributed by atoms with Gasteiger partial charge < -0.3 is 10.6 Å². The van der Waals surface area contributed by atoms with Crippen LogP contribution in [0.25, 0.3) is 6.08 Å². The van der Waals surface area contributed by atoms with E-state index in [2.05, 4.69) is 10.6 Å². The zero-order valence-corrected chi connectivity index (χ0v) is 12.0. The van der Waals surface area contributed by atoms with Gasteiger partial charge in [0.05, 0.1) is 0 Å². The summed E-state index contributed by atoms with van der Waals surface area (Å²) in [5, 5.41) is 5.31. The van der Waals surface area contributed by atoms with E-state index in [1.807, 2.05) is 32.0 Å². The Balaban J connectivity index is 1.91. The van der Waals surface area contributed by atoms with Gasteiger partial charge >= 0.3 is 6.03 Å². The molecule has 0 bridgehead atoms. The molecule has 0 aliphatic rings. The van der Waals surface area contributed by atoms with Crippen LogP contribution < -0.4 is 10.6 Å². The van der Waals surface area contributed by atoms with E-state index in [0.717, 1.165) is 11.3 Å². The lowest BCUT2D eigenvalue weighted by Gasteiger charge is -2.07. The number of aryl methyl sites for hydroxylation is 2. The number of halogens is 1. The van der Waals surface area contributed by atoms with E-state index in [1.54, 1.807) is 18.2 Å². The van der Waals surface area contributed by atoms with Crippen LogP contribution in [-0.4, -0.2) is 6.03 Å². The van der Waals surface area contributed by atoms with Crippen molar-refractivity contribution >= 4 is 17.8 Å². The molecular formula is C17H17FN2O. The van der Waals surface area contributed by atoms with E-state index >= 15 is 0 Å². The van der Waals surface area contributed by atoms with E-state index in [1.165, 1.54) is 23.9 Å². The number of urea groups is 1. The molecule has 0 spiro atoms. The summed E-state index contributed by atoms with van der Waals surface area (Å²) in [4.78, 5) is 11.7. The Hall–Kier alpha value is -2.62. The number of hydrogen-bond acceptors (Lipinski definition) is 1. The monoisotopic (exact) mass is 284 g/mol. The van der Waals surface area contributed by atoms with Crippen LogP contribution in [0.5, 0.6) is 0 Å². The summed E-state index contributed by atoms with van der Waals surface area (Å²) in [6.07, 6.45) is 3.11. The molecule has 3 nitrogen and oxygen atoms in total. The molecular weight excluding hydrogens is 267 g/mol. The number of hydrogen-bond donors (Lipinski definition) is 2. The number of amides is 2. The Morgan fingerprint density at radius 1 is 1.10 bits per heavy atom. The maximum atomic E-state index is 13.0. The van der Waals surface area contributed by atoms with Crippen LogP contribution in [0, 0.1) is 19.7 Å². The number of anilines is 1. The molecule has 0 saturated carbocycles. The van der Waals surface area contributed by atoms with Crippen molar-refractivity contribution in [1.82, 2.24) is 5.32 Å². The van der Waals surface area contributed by atoms with Crippen LogP contribution in [-0.2, 0) is 0 Å². The van der Waals surface area contributed by atoms with Crippen molar-refractivity contribution in [3.8, 4) is 0 Å². The lowest BCUT2D eigenvalue weighted by Crippen LogP contribution is -2.23. The topological polar surface area (TPSA) is 41.1 Å². The molecule has 4 heteroatoms. The fourth-order valence-electron chi connectivity index (χ4n) is 1.81. The number of benzene rings is 2. The van der Waals surface area contributed by atoms with Crippen LogP contribution in [0.1, 0.15) is 16.7 Å². The molecule has 108 valence electrons. The smallest absolute Gasteiger partial charge is 0.314 e. The predicted molar refractivity (Wildman–Crippen MR) is 83.5 cm³/mol. The highest BCUT2D eigenvalue weighted by Gasteiger charge is 2.00. The van der Waals surface area contributed by atoms with Gasteiger partial charge in [-0.15, -0.1) is 0 Å². The van der Waals surface area contributed by atoms with Crippen molar-refractivity contribution in [2.45, 2.75) is 13.8 Å². The molecule has 0 radical (unpaired) electrons. The fraction of sp³-hybridized carbons (Fsp3) is 0.118. The minimum atomic E-state index is -0.342. The molecule has 0 saturated heterocycles. The molecule has 2 aromatic carbocycles. The third kappa shape index (κ3) is 4.45. The highest BCUT2D eigenvalue weighted by Crippen LogP contribution is 2.13. The molecule has 0 aliphatic carbocycles. The van der Waals surface area contributed by atoms with Crippen LogP contribution >= 0.6 is 0 Å². The van der Waals surface area contributed by atoms with Crippen molar-refractivity contribution in [3.05, 3.63) is 71.2 Å². The Bertz CT molecular complexity index is 680. The van der Waals surface area contributed by atoms with Gasteiger partial charge in [0, 0.05) is 11.9 Å². The number of nitrogens with one attached hydrogen (secondary N) is 2. The van der Waals surface area contributed by atoms with Gasteiger partial charge in [0.1, 0.15) is 5.82 Å². The third-order valence-corrected chi connectivity index (χ3v) is 3.10. The Labute approximate surface area is 123 Å². The van der Waals surface area contributed by atoms with Crippen molar-refractivity contribution in [1.29, 1.82) is 0 Å². The number of rotatable bonds is 3. The standard InChI is InChI=1S/C17H17FN2O/c1-12-6-7-16(10-13(12)2)20-17(21)19-9-8-14-4-3-5-15(18)11-14/h3-11H,1-2H3,(H2,19,20,21)/b9-8+. The first-order chi connectivity index (χ1) is 10.0. The van der Waals surface area contributed by atoms with Crippen molar-refractivity contribution < 1.29 is 9.18 Å². The summed E-state index contributed by atoms with van der Waals surface area (Å²) in [5.74, 6) is -0.309. The Morgan fingerprint density at radius 2 is 1.90 bits per heavy atom. The predicted octanol–water partition coefficient (Wildman–Crippen LogP) is 4.23. The molecule has 2 rings (SSSR count). The summed E-state index contributed by atoms with van der Waals surface area (Å²) < 4.78 is 13.0.